The van der Waals surface area contributed by atoms with Gasteiger partial charge in [-0.1, -0.05) is 38.5 Å². The molecule has 2 heteroatoms. The molecule has 0 heterocycles. The maximum Gasteiger partial charge on any atom is 0.133 e. The number of Topliss-reactive ketones (excluding diaryl/α,β-unsaturated/α-hetero) is 1. The summed E-state index contributed by atoms with van der Waals surface area (Å²) in [4.78, 5) is 11.8. The fraction of sp³-hybridized carbons (Fsp3) is 0.632. The zero-order valence-electron chi connectivity index (χ0n) is 14.3. The van der Waals surface area contributed by atoms with Crippen LogP contribution in [0.15, 0.2) is 12.1 Å². The molecule has 0 N–H and O–H groups in total. The molecule has 0 saturated heterocycles. The van der Waals surface area contributed by atoms with Crippen LogP contribution in [0.1, 0.15) is 63.1 Å². The largest absolute Gasteiger partial charge is 0.493 e. The van der Waals surface area contributed by atoms with Gasteiger partial charge in [-0.15, -0.1) is 0 Å². The Morgan fingerprint density at radius 3 is 2.52 bits per heavy atom. The van der Waals surface area contributed by atoms with E-state index in [1.165, 1.54) is 16.7 Å². The number of rotatable bonds is 9. The number of carbonyl (C=O) groups is 1. The lowest BCUT2D eigenvalue weighted by Crippen LogP contribution is -2.10. The smallest absolute Gasteiger partial charge is 0.133 e. The molecule has 1 rings (SSSR count). The minimum atomic E-state index is 0.370. The first-order valence-electron chi connectivity index (χ1n) is 8.22. The molecule has 0 aliphatic heterocycles. The van der Waals surface area contributed by atoms with Crippen LogP contribution in [-0.2, 0) is 11.2 Å². The van der Waals surface area contributed by atoms with Gasteiger partial charge < -0.3 is 4.74 Å². The summed E-state index contributed by atoms with van der Waals surface area (Å²) in [5.74, 6) is 1.77. The van der Waals surface area contributed by atoms with Crippen molar-refractivity contribution in [3.05, 3.63) is 28.8 Å². The van der Waals surface area contributed by atoms with Gasteiger partial charge in [0.2, 0.25) is 0 Å². The van der Waals surface area contributed by atoms with Gasteiger partial charge in [-0.3, -0.25) is 4.79 Å². The van der Waals surface area contributed by atoms with Crippen LogP contribution in [0.25, 0.3) is 0 Å². The van der Waals surface area contributed by atoms with Gasteiger partial charge in [-0.25, -0.2) is 0 Å². The van der Waals surface area contributed by atoms with Crippen LogP contribution in [0.5, 0.6) is 5.75 Å². The molecule has 0 radical (unpaired) electrons. The molecule has 1 unspecified atom stereocenters. The van der Waals surface area contributed by atoms with Gasteiger partial charge in [0.15, 0.2) is 0 Å². The van der Waals surface area contributed by atoms with Crippen LogP contribution in [0.3, 0.4) is 0 Å². The average Bonchev–Trinajstić information content (AvgIpc) is 2.37. The van der Waals surface area contributed by atoms with Crippen molar-refractivity contribution in [3.63, 3.8) is 0 Å². The summed E-state index contributed by atoms with van der Waals surface area (Å²) >= 11 is 0. The molecule has 118 valence electrons. The molecule has 2 nitrogen and oxygen atoms in total. The van der Waals surface area contributed by atoms with E-state index < -0.39 is 0 Å². The van der Waals surface area contributed by atoms with E-state index in [1.54, 1.807) is 0 Å². The van der Waals surface area contributed by atoms with Crippen molar-refractivity contribution < 1.29 is 9.53 Å². The van der Waals surface area contributed by atoms with E-state index in [0.29, 0.717) is 24.5 Å². The van der Waals surface area contributed by atoms with Crippen LogP contribution in [-0.4, -0.2) is 12.4 Å². The van der Waals surface area contributed by atoms with Gasteiger partial charge in [-0.2, -0.15) is 0 Å². The first-order valence-corrected chi connectivity index (χ1v) is 8.22. The monoisotopic (exact) mass is 290 g/mol. The van der Waals surface area contributed by atoms with E-state index in [9.17, 15) is 4.79 Å². The van der Waals surface area contributed by atoms with E-state index in [4.69, 9.17) is 4.74 Å². The van der Waals surface area contributed by atoms with Gasteiger partial charge in [0.05, 0.1) is 6.61 Å². The Morgan fingerprint density at radius 2 is 1.90 bits per heavy atom. The number of aryl methyl sites for hydroxylation is 2. The molecule has 21 heavy (non-hydrogen) atoms. The van der Waals surface area contributed by atoms with Crippen molar-refractivity contribution in [2.75, 3.05) is 6.61 Å². The lowest BCUT2D eigenvalue weighted by Gasteiger charge is -2.18. The molecule has 0 aromatic heterocycles. The maximum atomic E-state index is 11.8. The fourth-order valence-electron chi connectivity index (χ4n) is 2.82. The van der Waals surface area contributed by atoms with Crippen LogP contribution in [0.4, 0.5) is 0 Å². The molecule has 0 saturated carbocycles. The summed E-state index contributed by atoms with van der Waals surface area (Å²) in [5, 5.41) is 0. The lowest BCUT2D eigenvalue weighted by molar-refractivity contribution is -0.119. The van der Waals surface area contributed by atoms with Gasteiger partial charge >= 0.3 is 0 Å². The van der Waals surface area contributed by atoms with Crippen molar-refractivity contribution in [1.82, 2.24) is 0 Å². The zero-order valence-corrected chi connectivity index (χ0v) is 14.3. The highest BCUT2D eigenvalue weighted by atomic mass is 16.5. The third-order valence-electron chi connectivity index (χ3n) is 3.62. The van der Waals surface area contributed by atoms with E-state index in [0.717, 1.165) is 31.6 Å². The van der Waals surface area contributed by atoms with Crippen molar-refractivity contribution in [1.29, 1.82) is 0 Å². The summed E-state index contributed by atoms with van der Waals surface area (Å²) in [6, 6.07) is 4.38. The van der Waals surface area contributed by atoms with Gasteiger partial charge in [0.25, 0.3) is 0 Å². The van der Waals surface area contributed by atoms with Crippen molar-refractivity contribution in [3.8, 4) is 5.75 Å². The van der Waals surface area contributed by atoms with Crippen LogP contribution in [0.2, 0.25) is 0 Å². The first kappa shape index (κ1) is 17.7. The molecule has 1 atom stereocenters. The average molecular weight is 290 g/mol. The highest BCUT2D eigenvalue weighted by Crippen LogP contribution is 2.28. The molecule has 0 aliphatic rings. The summed E-state index contributed by atoms with van der Waals surface area (Å²) in [6.07, 6.45) is 4.25. The highest BCUT2D eigenvalue weighted by Gasteiger charge is 2.14. The standard InChI is InChI=1S/C19H30O2/c1-6-8-18(20)13-15(4)12-17-11-14(3)10-16(5)19(17)21-9-7-2/h10-11,15H,6-9,12-13H2,1-5H3. The highest BCUT2D eigenvalue weighted by molar-refractivity contribution is 5.78. The Balaban J connectivity index is 2.82. The number of carbonyl (C=O) groups excluding carboxylic acids is 1. The summed E-state index contributed by atoms with van der Waals surface area (Å²) in [7, 11) is 0. The van der Waals surface area contributed by atoms with Crippen molar-refractivity contribution in [2.24, 2.45) is 5.92 Å². The second kappa shape index (κ2) is 8.86. The number of ketones is 1. The van der Waals surface area contributed by atoms with Crippen molar-refractivity contribution in [2.45, 2.75) is 66.7 Å². The minimum Gasteiger partial charge on any atom is -0.493 e. The topological polar surface area (TPSA) is 26.3 Å². The molecule has 1 aromatic rings. The Kier molecular flexibility index (Phi) is 7.49. The molecule has 0 aliphatic carbocycles. The Bertz CT molecular complexity index is 463. The van der Waals surface area contributed by atoms with Crippen LogP contribution in [0, 0.1) is 19.8 Å². The SMILES string of the molecule is CCCOc1c(C)cc(C)cc1CC(C)CC(=O)CCC. The Hall–Kier alpha value is -1.31. The van der Waals surface area contributed by atoms with Crippen molar-refractivity contribution >= 4 is 5.78 Å². The summed E-state index contributed by atoms with van der Waals surface area (Å²) < 4.78 is 5.94. The van der Waals surface area contributed by atoms with Gasteiger partial charge in [-0.05, 0) is 50.2 Å². The molecule has 0 bridgehead atoms. The lowest BCUT2D eigenvalue weighted by atomic mass is 9.92. The summed E-state index contributed by atoms with van der Waals surface area (Å²) in [6.45, 7) is 11.3. The summed E-state index contributed by atoms with van der Waals surface area (Å²) in [5.41, 5.74) is 3.71. The second-order valence-electron chi connectivity index (χ2n) is 6.22. The van der Waals surface area contributed by atoms with Gasteiger partial charge in [0.1, 0.15) is 11.5 Å². The van der Waals surface area contributed by atoms with Gasteiger partial charge in [0, 0.05) is 12.8 Å². The third-order valence-corrected chi connectivity index (χ3v) is 3.62. The number of hydrogen-bond donors (Lipinski definition) is 0. The minimum absolute atomic E-state index is 0.370. The zero-order chi connectivity index (χ0) is 15.8. The Morgan fingerprint density at radius 1 is 1.19 bits per heavy atom. The first-order chi connectivity index (χ1) is 9.97. The Labute approximate surface area is 129 Å². The third kappa shape index (κ3) is 5.91. The predicted molar refractivity (Wildman–Crippen MR) is 89.1 cm³/mol. The molecule has 1 aromatic carbocycles. The normalized spacial score (nSPS) is 12.2. The van der Waals surface area contributed by atoms with Crippen LogP contribution < -0.4 is 4.74 Å². The molecule has 0 amide bonds. The number of benzene rings is 1. The van der Waals surface area contributed by atoms with E-state index >= 15 is 0 Å². The predicted octanol–water partition coefficient (Wildman–Crippen LogP) is 5.03. The van der Waals surface area contributed by atoms with E-state index in [2.05, 4.69) is 46.8 Å². The second-order valence-corrected chi connectivity index (χ2v) is 6.22. The molecule has 0 fully saturated rings. The molecular formula is C19H30O2. The molecule has 0 spiro atoms. The number of hydrogen-bond acceptors (Lipinski definition) is 2. The van der Waals surface area contributed by atoms with E-state index in [1.807, 2.05) is 0 Å². The molecular weight excluding hydrogens is 260 g/mol. The maximum absolute atomic E-state index is 11.8. The fourth-order valence-corrected chi connectivity index (χ4v) is 2.82. The number of ether oxygens (including phenoxy) is 1. The quantitative estimate of drug-likeness (QED) is 0.637. The van der Waals surface area contributed by atoms with E-state index in [-0.39, 0.29) is 0 Å². The van der Waals surface area contributed by atoms with Crippen LogP contribution >= 0.6 is 0 Å².